The molecule has 1 aromatic carbocycles. The van der Waals surface area contributed by atoms with Crippen LogP contribution in [-0.2, 0) is 16.0 Å². The molecular formula is C22H20N2O5S. The normalized spacial score (nSPS) is 12.9. The lowest BCUT2D eigenvalue weighted by atomic mass is 10.0. The van der Waals surface area contributed by atoms with E-state index in [2.05, 4.69) is 5.32 Å². The van der Waals surface area contributed by atoms with Gasteiger partial charge >= 0.3 is 5.97 Å². The maximum Gasteiger partial charge on any atom is 0.349 e. The molecule has 1 aliphatic heterocycles. The first-order valence-electron chi connectivity index (χ1n) is 9.53. The molecule has 0 unspecified atom stereocenters. The van der Waals surface area contributed by atoms with Gasteiger partial charge in [0.2, 0.25) is 0 Å². The van der Waals surface area contributed by atoms with Crippen LogP contribution >= 0.6 is 11.3 Å². The molecule has 2 amide bonds. The highest BCUT2D eigenvalue weighted by Gasteiger charge is 2.24. The predicted octanol–water partition coefficient (Wildman–Crippen LogP) is 4.04. The Labute approximate surface area is 177 Å². The van der Waals surface area contributed by atoms with E-state index in [9.17, 15) is 14.4 Å². The summed E-state index contributed by atoms with van der Waals surface area (Å²) in [5, 5.41) is 3.19. The Kier molecular flexibility index (Phi) is 5.67. The van der Waals surface area contributed by atoms with Crippen molar-refractivity contribution in [2.24, 2.45) is 0 Å². The molecule has 0 atom stereocenters. The van der Waals surface area contributed by atoms with E-state index in [1.54, 1.807) is 30.0 Å². The minimum Gasteiger partial charge on any atom is -0.459 e. The maximum atomic E-state index is 12.6. The largest absolute Gasteiger partial charge is 0.459 e. The van der Waals surface area contributed by atoms with Gasteiger partial charge in [-0.2, -0.15) is 0 Å². The monoisotopic (exact) mass is 424 g/mol. The van der Waals surface area contributed by atoms with E-state index in [-0.39, 0.29) is 18.3 Å². The van der Waals surface area contributed by atoms with Crippen molar-refractivity contribution in [2.75, 3.05) is 23.4 Å². The van der Waals surface area contributed by atoms with E-state index in [1.807, 2.05) is 24.3 Å². The van der Waals surface area contributed by atoms with Gasteiger partial charge in [0.1, 0.15) is 4.88 Å². The molecule has 3 heterocycles. The predicted molar refractivity (Wildman–Crippen MR) is 113 cm³/mol. The Morgan fingerprint density at radius 2 is 2.03 bits per heavy atom. The number of carbonyl (C=O) groups excluding carboxylic acids is 3. The number of anilines is 2. The van der Waals surface area contributed by atoms with Gasteiger partial charge in [0, 0.05) is 12.2 Å². The van der Waals surface area contributed by atoms with Crippen LogP contribution < -0.4 is 10.2 Å². The number of benzene rings is 1. The number of hydrogen-bond acceptors (Lipinski definition) is 6. The van der Waals surface area contributed by atoms with E-state index in [1.165, 1.54) is 6.26 Å². The van der Waals surface area contributed by atoms with Crippen LogP contribution in [0.3, 0.4) is 0 Å². The minimum atomic E-state index is -0.588. The Hall–Kier alpha value is -3.39. The van der Waals surface area contributed by atoms with Gasteiger partial charge in [0.15, 0.2) is 12.4 Å². The van der Waals surface area contributed by atoms with E-state index in [0.29, 0.717) is 22.0 Å². The smallest absolute Gasteiger partial charge is 0.349 e. The molecule has 1 N–H and O–H groups in total. The van der Waals surface area contributed by atoms with Gasteiger partial charge in [-0.15, -0.1) is 11.3 Å². The van der Waals surface area contributed by atoms with Crippen LogP contribution in [0.15, 0.2) is 53.1 Å². The zero-order valence-corrected chi connectivity index (χ0v) is 17.2. The number of esters is 1. The van der Waals surface area contributed by atoms with Gasteiger partial charge in [-0.3, -0.25) is 9.59 Å². The van der Waals surface area contributed by atoms with Gasteiger partial charge in [0.25, 0.3) is 11.8 Å². The number of nitrogens with zero attached hydrogens (tertiary/aromatic N) is 1. The average molecular weight is 424 g/mol. The number of thiophene rings is 1. The third-order valence-corrected chi connectivity index (χ3v) is 5.96. The number of furan rings is 1. The highest BCUT2D eigenvalue weighted by Crippen LogP contribution is 2.29. The first-order valence-corrected chi connectivity index (χ1v) is 10.4. The zero-order valence-electron chi connectivity index (χ0n) is 16.3. The molecule has 0 bridgehead atoms. The second-order valence-corrected chi connectivity index (χ2v) is 7.96. The molecule has 0 spiro atoms. The summed E-state index contributed by atoms with van der Waals surface area (Å²) in [4.78, 5) is 39.3. The molecule has 3 aromatic rings. The summed E-state index contributed by atoms with van der Waals surface area (Å²) in [5.74, 6) is -1.07. The van der Waals surface area contributed by atoms with Crippen molar-refractivity contribution < 1.29 is 23.5 Å². The van der Waals surface area contributed by atoms with Crippen LogP contribution in [0.1, 0.15) is 37.8 Å². The Morgan fingerprint density at radius 3 is 2.83 bits per heavy atom. The SMILES string of the molecule is Cc1cc(NC(=O)c2ccco2)sc1C(=O)OCC(=O)N1CCCc2ccccc21. The molecule has 1 aliphatic rings. The Balaban J connectivity index is 1.38. The van der Waals surface area contributed by atoms with E-state index >= 15 is 0 Å². The van der Waals surface area contributed by atoms with E-state index < -0.39 is 11.9 Å². The summed E-state index contributed by atoms with van der Waals surface area (Å²) in [7, 11) is 0. The molecule has 0 saturated carbocycles. The summed E-state index contributed by atoms with van der Waals surface area (Å²) in [6.45, 7) is 2.02. The lowest BCUT2D eigenvalue weighted by Gasteiger charge is -2.29. The molecule has 0 aliphatic carbocycles. The molecule has 2 aromatic heterocycles. The second-order valence-electron chi connectivity index (χ2n) is 6.91. The fourth-order valence-corrected chi connectivity index (χ4v) is 4.35. The highest BCUT2D eigenvalue weighted by molar-refractivity contribution is 7.18. The fourth-order valence-electron chi connectivity index (χ4n) is 3.39. The van der Waals surface area contributed by atoms with Crippen LogP contribution in [0.4, 0.5) is 10.7 Å². The Bertz CT molecular complexity index is 1090. The molecule has 8 heteroatoms. The number of nitrogens with one attached hydrogen (secondary N) is 1. The van der Waals surface area contributed by atoms with Crippen molar-refractivity contribution in [3.8, 4) is 0 Å². The number of hydrogen-bond donors (Lipinski definition) is 1. The van der Waals surface area contributed by atoms with E-state index in [4.69, 9.17) is 9.15 Å². The van der Waals surface area contributed by atoms with Gasteiger partial charge in [-0.05, 0) is 55.2 Å². The maximum absolute atomic E-state index is 12.6. The number of fused-ring (bicyclic) bond motifs is 1. The second kappa shape index (κ2) is 8.54. The van der Waals surface area contributed by atoms with Crippen LogP contribution in [0.5, 0.6) is 0 Å². The summed E-state index contributed by atoms with van der Waals surface area (Å²) in [6.07, 6.45) is 3.22. The van der Waals surface area contributed by atoms with Crippen molar-refractivity contribution in [2.45, 2.75) is 19.8 Å². The number of amides is 2. The van der Waals surface area contributed by atoms with Crippen LogP contribution in [-0.4, -0.2) is 30.9 Å². The highest BCUT2D eigenvalue weighted by atomic mass is 32.1. The van der Waals surface area contributed by atoms with Crippen LogP contribution in [0.25, 0.3) is 0 Å². The molecular weight excluding hydrogens is 404 g/mol. The molecule has 4 rings (SSSR count). The van der Waals surface area contributed by atoms with Crippen LogP contribution in [0.2, 0.25) is 0 Å². The standard InChI is InChI=1S/C22H20N2O5S/c1-14-12-18(23-21(26)17-9-5-11-28-17)30-20(14)22(27)29-13-19(25)24-10-4-7-15-6-2-3-8-16(15)24/h2-3,5-6,8-9,11-12H,4,7,10,13H2,1H3,(H,23,26). The minimum absolute atomic E-state index is 0.178. The van der Waals surface area contributed by atoms with Crippen molar-refractivity contribution in [1.29, 1.82) is 0 Å². The number of ether oxygens (including phenoxy) is 1. The number of aryl methyl sites for hydroxylation is 2. The lowest BCUT2D eigenvalue weighted by molar-refractivity contribution is -0.121. The summed E-state index contributed by atoms with van der Waals surface area (Å²) < 4.78 is 10.3. The Morgan fingerprint density at radius 1 is 1.20 bits per heavy atom. The van der Waals surface area contributed by atoms with Crippen molar-refractivity contribution in [3.05, 3.63) is 70.5 Å². The molecule has 154 valence electrons. The molecule has 0 fully saturated rings. The number of para-hydroxylation sites is 1. The molecule has 30 heavy (non-hydrogen) atoms. The van der Waals surface area contributed by atoms with Gasteiger partial charge in [-0.1, -0.05) is 18.2 Å². The first-order chi connectivity index (χ1) is 14.5. The van der Waals surface area contributed by atoms with Gasteiger partial charge < -0.3 is 19.4 Å². The quantitative estimate of drug-likeness (QED) is 0.625. The van der Waals surface area contributed by atoms with Crippen molar-refractivity contribution >= 4 is 39.8 Å². The van der Waals surface area contributed by atoms with E-state index in [0.717, 1.165) is 35.4 Å². The number of carbonyl (C=O) groups is 3. The first kappa shape index (κ1) is 19.9. The topological polar surface area (TPSA) is 88.9 Å². The van der Waals surface area contributed by atoms with Gasteiger partial charge in [-0.25, -0.2) is 4.79 Å². The van der Waals surface area contributed by atoms with Crippen LogP contribution in [0, 0.1) is 6.92 Å². The molecule has 7 nitrogen and oxygen atoms in total. The summed E-state index contributed by atoms with van der Waals surface area (Å²) in [5.41, 5.74) is 2.66. The molecule has 0 radical (unpaired) electrons. The third-order valence-electron chi connectivity index (χ3n) is 4.82. The summed E-state index contributed by atoms with van der Waals surface area (Å²) >= 11 is 1.10. The van der Waals surface area contributed by atoms with Crippen molar-refractivity contribution in [3.63, 3.8) is 0 Å². The molecule has 0 saturated heterocycles. The zero-order chi connectivity index (χ0) is 21.1. The summed E-state index contributed by atoms with van der Waals surface area (Å²) in [6, 6.07) is 12.6. The number of rotatable bonds is 5. The van der Waals surface area contributed by atoms with Crippen molar-refractivity contribution in [1.82, 2.24) is 0 Å². The fraction of sp³-hybridized carbons (Fsp3) is 0.227. The van der Waals surface area contributed by atoms with Gasteiger partial charge in [0.05, 0.1) is 11.3 Å². The third kappa shape index (κ3) is 4.13. The average Bonchev–Trinajstić information content (AvgIpc) is 3.41. The lowest BCUT2D eigenvalue weighted by Crippen LogP contribution is -2.38.